The van der Waals surface area contributed by atoms with Gasteiger partial charge in [0, 0.05) is 42.1 Å². The number of carbonyl (C=O) groups excluding carboxylic acids is 1. The zero-order chi connectivity index (χ0) is 30.2. The summed E-state index contributed by atoms with van der Waals surface area (Å²) in [6, 6.07) is 9.01. The van der Waals surface area contributed by atoms with Crippen LogP contribution in [0.1, 0.15) is 19.3 Å². The molecule has 2 saturated heterocycles. The molecule has 13 heteroatoms. The van der Waals surface area contributed by atoms with E-state index in [2.05, 4.69) is 32.5 Å². The van der Waals surface area contributed by atoms with Crippen molar-refractivity contribution in [2.75, 3.05) is 44.7 Å². The van der Waals surface area contributed by atoms with E-state index in [-0.39, 0.29) is 49.3 Å². The number of ether oxygens (including phenoxy) is 1. The minimum atomic E-state index is -1.09. The van der Waals surface area contributed by atoms with Crippen LogP contribution >= 0.6 is 22.9 Å². The minimum Gasteiger partial charge on any atom is -0.462 e. The molecule has 0 N–H and O–H groups in total. The SMILES string of the molecule is C=C(F)C(=O)N1CCN(c2nc(OC[C@@H]3CCCN3C)nc3c(F)c(-c4cccc5cc(Cl)sc45)ncc23)C[C@@H]1CC#N. The van der Waals surface area contributed by atoms with Gasteiger partial charge in [0.2, 0.25) is 0 Å². The fraction of sp³-hybridized carbons (Fsp3) is 0.367. The van der Waals surface area contributed by atoms with Crippen LogP contribution in [-0.4, -0.2) is 82.6 Å². The van der Waals surface area contributed by atoms with E-state index in [4.69, 9.17) is 16.3 Å². The maximum Gasteiger partial charge on any atom is 0.319 e. The number of hydrogen-bond donors (Lipinski definition) is 0. The third kappa shape index (κ3) is 5.60. The van der Waals surface area contributed by atoms with Crippen molar-refractivity contribution in [1.29, 1.82) is 5.26 Å². The first kappa shape index (κ1) is 29.2. The molecule has 2 atom stereocenters. The monoisotopic (exact) mass is 623 g/mol. The molecule has 0 aliphatic carbocycles. The van der Waals surface area contributed by atoms with E-state index in [1.54, 1.807) is 6.07 Å². The number of fused-ring (bicyclic) bond motifs is 2. The largest absolute Gasteiger partial charge is 0.462 e. The highest BCUT2D eigenvalue weighted by molar-refractivity contribution is 7.23. The molecule has 222 valence electrons. The van der Waals surface area contributed by atoms with Gasteiger partial charge < -0.3 is 19.4 Å². The minimum absolute atomic E-state index is 0.0173. The van der Waals surface area contributed by atoms with Gasteiger partial charge in [0.1, 0.15) is 23.6 Å². The number of likely N-dealkylation sites (tertiary alicyclic amines) is 1. The van der Waals surface area contributed by atoms with Gasteiger partial charge >= 0.3 is 6.01 Å². The molecule has 4 aromatic rings. The Morgan fingerprint density at radius 1 is 1.28 bits per heavy atom. The van der Waals surface area contributed by atoms with E-state index in [1.807, 2.05) is 30.1 Å². The molecule has 43 heavy (non-hydrogen) atoms. The number of benzene rings is 1. The molecule has 0 spiro atoms. The van der Waals surface area contributed by atoms with Crippen LogP contribution in [0, 0.1) is 17.1 Å². The summed E-state index contributed by atoms with van der Waals surface area (Å²) in [5.41, 5.74) is 0.760. The molecule has 2 fully saturated rings. The first-order valence-electron chi connectivity index (χ1n) is 13.9. The lowest BCUT2D eigenvalue weighted by molar-refractivity contribution is -0.131. The number of carbonyl (C=O) groups is 1. The van der Waals surface area contributed by atoms with Crippen molar-refractivity contribution < 1.29 is 18.3 Å². The van der Waals surface area contributed by atoms with Gasteiger partial charge in [-0.2, -0.15) is 15.2 Å². The van der Waals surface area contributed by atoms with Gasteiger partial charge in [0.05, 0.1) is 28.3 Å². The van der Waals surface area contributed by atoms with E-state index >= 15 is 4.39 Å². The number of rotatable bonds is 7. The molecular weight excluding hydrogens is 596 g/mol. The number of likely N-dealkylation sites (N-methyl/N-ethyl adjacent to an activating group) is 1. The normalized spacial score (nSPS) is 19.2. The molecule has 1 amide bonds. The first-order chi connectivity index (χ1) is 20.7. The van der Waals surface area contributed by atoms with Crippen molar-refractivity contribution in [3.63, 3.8) is 0 Å². The summed E-state index contributed by atoms with van der Waals surface area (Å²) in [6.07, 6.45) is 3.54. The lowest BCUT2D eigenvalue weighted by Gasteiger charge is -2.41. The predicted octanol–water partition coefficient (Wildman–Crippen LogP) is 5.59. The Hall–Kier alpha value is -3.92. The number of hydrogen-bond acceptors (Lipinski definition) is 9. The number of piperazine rings is 1. The second kappa shape index (κ2) is 12.0. The molecular formula is C30H28ClF2N7O2S. The average Bonchev–Trinajstić information content (AvgIpc) is 3.59. The summed E-state index contributed by atoms with van der Waals surface area (Å²) in [7, 11) is 2.03. The van der Waals surface area contributed by atoms with Crippen LogP contribution in [0.2, 0.25) is 4.34 Å². The molecule has 0 radical (unpaired) electrons. The van der Waals surface area contributed by atoms with E-state index in [9.17, 15) is 14.4 Å². The second-order valence-electron chi connectivity index (χ2n) is 10.7. The summed E-state index contributed by atoms with van der Waals surface area (Å²) < 4.78 is 37.7. The van der Waals surface area contributed by atoms with Crippen LogP contribution < -0.4 is 9.64 Å². The van der Waals surface area contributed by atoms with Gasteiger partial charge in [-0.1, -0.05) is 36.4 Å². The van der Waals surface area contributed by atoms with Gasteiger partial charge in [-0.15, -0.1) is 11.3 Å². The highest BCUT2D eigenvalue weighted by atomic mass is 35.5. The molecule has 1 aromatic carbocycles. The highest BCUT2D eigenvalue weighted by Crippen LogP contribution is 2.39. The van der Waals surface area contributed by atoms with Gasteiger partial charge in [-0.3, -0.25) is 9.78 Å². The number of pyridine rings is 1. The van der Waals surface area contributed by atoms with Crippen LogP contribution in [0.15, 0.2) is 42.9 Å². The molecule has 9 nitrogen and oxygen atoms in total. The molecule has 6 rings (SSSR count). The molecule has 5 heterocycles. The Kier molecular flexibility index (Phi) is 8.13. The second-order valence-corrected chi connectivity index (χ2v) is 12.4. The van der Waals surface area contributed by atoms with Gasteiger partial charge in [-0.05, 0) is 37.9 Å². The summed E-state index contributed by atoms with van der Waals surface area (Å²) in [4.78, 5) is 31.5. The van der Waals surface area contributed by atoms with Gasteiger partial charge in [0.25, 0.3) is 5.91 Å². The Balaban J connectivity index is 1.43. The van der Waals surface area contributed by atoms with Crippen molar-refractivity contribution in [3.8, 4) is 23.3 Å². The summed E-state index contributed by atoms with van der Waals surface area (Å²) in [5, 5.41) is 10.7. The van der Waals surface area contributed by atoms with Crippen LogP contribution in [0.3, 0.4) is 0 Å². The van der Waals surface area contributed by atoms with Gasteiger partial charge in [-0.25, -0.2) is 8.78 Å². The fourth-order valence-corrected chi connectivity index (χ4v) is 7.09. The van der Waals surface area contributed by atoms with E-state index < -0.39 is 23.6 Å². The van der Waals surface area contributed by atoms with Crippen molar-refractivity contribution >= 4 is 55.7 Å². The number of halogens is 3. The fourth-order valence-electron chi connectivity index (χ4n) is 5.84. The smallest absolute Gasteiger partial charge is 0.319 e. The zero-order valence-corrected chi connectivity index (χ0v) is 25.0. The van der Waals surface area contributed by atoms with Crippen LogP contribution in [0.25, 0.3) is 32.2 Å². The van der Waals surface area contributed by atoms with Crippen molar-refractivity contribution in [1.82, 2.24) is 24.8 Å². The quantitative estimate of drug-likeness (QED) is 0.246. The Morgan fingerprint density at radius 3 is 2.86 bits per heavy atom. The summed E-state index contributed by atoms with van der Waals surface area (Å²) in [5.74, 6) is -2.20. The molecule has 2 aliphatic rings. The maximum absolute atomic E-state index is 16.5. The van der Waals surface area contributed by atoms with Crippen molar-refractivity contribution in [3.05, 3.63) is 53.0 Å². The Morgan fingerprint density at radius 2 is 2.12 bits per heavy atom. The van der Waals surface area contributed by atoms with Crippen molar-refractivity contribution in [2.24, 2.45) is 0 Å². The standard InChI is InChI=1S/C30H28ClF2N7O2S/c1-17(32)29(41)40-12-11-39(15-19(40)8-9-34)28-22-14-35-25(21-7-3-5-18-13-23(31)43-27(18)21)24(33)26(22)36-30(37-28)42-16-20-6-4-10-38(20)2/h3,5,7,13-14,19-20H,1,4,6,8,10-12,15-16H2,2H3/t19-,20-/m0/s1. The lowest BCUT2D eigenvalue weighted by atomic mass is 10.1. The van der Waals surface area contributed by atoms with Crippen LogP contribution in [-0.2, 0) is 4.79 Å². The summed E-state index contributed by atoms with van der Waals surface area (Å²) >= 11 is 7.62. The number of nitriles is 1. The zero-order valence-electron chi connectivity index (χ0n) is 23.4. The number of aromatic nitrogens is 3. The van der Waals surface area contributed by atoms with Crippen molar-refractivity contribution in [2.45, 2.75) is 31.3 Å². The number of nitrogens with zero attached hydrogens (tertiary/aromatic N) is 7. The maximum atomic E-state index is 16.5. The third-order valence-corrected chi connectivity index (χ3v) is 9.40. The molecule has 3 aromatic heterocycles. The van der Waals surface area contributed by atoms with Crippen LogP contribution in [0.5, 0.6) is 6.01 Å². The Labute approximate surface area is 256 Å². The van der Waals surface area contributed by atoms with Gasteiger partial charge in [0.15, 0.2) is 11.6 Å². The summed E-state index contributed by atoms with van der Waals surface area (Å²) in [6.45, 7) is 4.98. The van der Waals surface area contributed by atoms with E-state index in [0.717, 1.165) is 29.5 Å². The van der Waals surface area contributed by atoms with E-state index in [0.29, 0.717) is 27.7 Å². The number of anilines is 1. The highest BCUT2D eigenvalue weighted by Gasteiger charge is 2.34. The molecule has 0 saturated carbocycles. The first-order valence-corrected chi connectivity index (χ1v) is 15.1. The Bertz CT molecular complexity index is 1780. The molecule has 0 unspecified atom stereocenters. The predicted molar refractivity (Wildman–Crippen MR) is 162 cm³/mol. The molecule has 0 bridgehead atoms. The van der Waals surface area contributed by atoms with E-state index in [1.165, 1.54) is 22.4 Å². The average molecular weight is 624 g/mol. The topological polar surface area (TPSA) is 98.5 Å². The lowest BCUT2D eigenvalue weighted by Crippen LogP contribution is -2.55. The molecule has 2 aliphatic heterocycles. The number of thiophene rings is 1. The van der Waals surface area contributed by atoms with Crippen LogP contribution in [0.4, 0.5) is 14.6 Å². The third-order valence-electron chi connectivity index (χ3n) is 8.09. The number of amides is 1.